The van der Waals surface area contributed by atoms with Crippen molar-refractivity contribution in [3.05, 3.63) is 69.1 Å². The van der Waals surface area contributed by atoms with Crippen LogP contribution in [0.1, 0.15) is 0 Å². The van der Waals surface area contributed by atoms with E-state index in [1.165, 1.54) is 0 Å². The largest absolute Gasteiger partial charge is 0.134 e. The van der Waals surface area contributed by atoms with E-state index in [-0.39, 0.29) is 0 Å². The molecule has 0 amide bonds. The number of hydrogen-bond acceptors (Lipinski definition) is 1. The van der Waals surface area contributed by atoms with Gasteiger partial charge in [-0.2, -0.15) is 0 Å². The SMILES string of the molecule is Clc1ccccc1-c1cc(Br)c(-c2ccccc2Cl)s1. The molecule has 0 spiro atoms. The van der Waals surface area contributed by atoms with Crippen LogP contribution >= 0.6 is 50.5 Å². The first-order valence-corrected chi connectivity index (χ1v) is 8.32. The minimum Gasteiger partial charge on any atom is -0.134 e. The Morgan fingerprint density at radius 2 is 1.35 bits per heavy atom. The minimum absolute atomic E-state index is 0.751. The Morgan fingerprint density at radius 1 is 0.800 bits per heavy atom. The summed E-state index contributed by atoms with van der Waals surface area (Å²) in [6.07, 6.45) is 0. The van der Waals surface area contributed by atoms with Crippen LogP contribution < -0.4 is 0 Å². The highest BCUT2D eigenvalue weighted by Crippen LogP contribution is 2.44. The molecule has 0 aliphatic carbocycles. The molecule has 1 aromatic heterocycles. The van der Waals surface area contributed by atoms with Gasteiger partial charge in [-0.15, -0.1) is 11.3 Å². The molecule has 0 nitrogen and oxygen atoms in total. The molecule has 20 heavy (non-hydrogen) atoms. The third-order valence-electron chi connectivity index (χ3n) is 2.94. The van der Waals surface area contributed by atoms with Gasteiger partial charge in [0, 0.05) is 30.5 Å². The average Bonchev–Trinajstić information content (AvgIpc) is 2.81. The van der Waals surface area contributed by atoms with Gasteiger partial charge in [0.15, 0.2) is 0 Å². The molecule has 2 aromatic carbocycles. The van der Waals surface area contributed by atoms with Crippen LogP contribution in [0.5, 0.6) is 0 Å². The highest BCUT2D eigenvalue weighted by Gasteiger charge is 2.14. The molecule has 0 unspecified atom stereocenters. The second-order valence-corrected chi connectivity index (χ2v) is 6.97. The lowest BCUT2D eigenvalue weighted by molar-refractivity contribution is 1.67. The molecule has 0 saturated heterocycles. The van der Waals surface area contributed by atoms with Gasteiger partial charge in [-0.3, -0.25) is 0 Å². The van der Waals surface area contributed by atoms with Crippen LogP contribution in [-0.4, -0.2) is 0 Å². The van der Waals surface area contributed by atoms with E-state index in [2.05, 4.69) is 22.0 Å². The van der Waals surface area contributed by atoms with Crippen molar-refractivity contribution >= 4 is 50.5 Å². The third kappa shape index (κ3) is 2.66. The fraction of sp³-hybridized carbons (Fsp3) is 0. The molecule has 0 N–H and O–H groups in total. The smallest absolute Gasteiger partial charge is 0.0506 e. The predicted octanol–water partition coefficient (Wildman–Crippen LogP) is 7.15. The standard InChI is InChI=1S/C16H9BrCl2S/c17-12-9-15(10-5-1-3-7-13(10)18)20-16(12)11-6-2-4-8-14(11)19/h1-9H. The van der Waals surface area contributed by atoms with Crippen LogP contribution in [0.3, 0.4) is 0 Å². The molecular formula is C16H9BrCl2S. The van der Waals surface area contributed by atoms with Crippen LogP contribution in [0.25, 0.3) is 20.9 Å². The highest BCUT2D eigenvalue weighted by molar-refractivity contribution is 9.10. The Morgan fingerprint density at radius 3 is 1.95 bits per heavy atom. The quantitative estimate of drug-likeness (QED) is 0.440. The summed E-state index contributed by atoms with van der Waals surface area (Å²) < 4.78 is 1.03. The normalized spacial score (nSPS) is 10.8. The van der Waals surface area contributed by atoms with Gasteiger partial charge in [0.1, 0.15) is 0 Å². The van der Waals surface area contributed by atoms with Gasteiger partial charge in [0.25, 0.3) is 0 Å². The molecule has 100 valence electrons. The van der Waals surface area contributed by atoms with Crippen LogP contribution in [0.15, 0.2) is 59.1 Å². The summed E-state index contributed by atoms with van der Waals surface area (Å²) >= 11 is 17.8. The summed E-state index contributed by atoms with van der Waals surface area (Å²) in [5.74, 6) is 0. The summed E-state index contributed by atoms with van der Waals surface area (Å²) in [6.45, 7) is 0. The lowest BCUT2D eigenvalue weighted by Crippen LogP contribution is -1.74. The Hall–Kier alpha value is -0.800. The van der Waals surface area contributed by atoms with Crippen molar-refractivity contribution in [1.29, 1.82) is 0 Å². The third-order valence-corrected chi connectivity index (χ3v) is 5.69. The number of rotatable bonds is 2. The van der Waals surface area contributed by atoms with E-state index in [4.69, 9.17) is 23.2 Å². The van der Waals surface area contributed by atoms with Gasteiger partial charge in [0.05, 0.1) is 4.88 Å². The van der Waals surface area contributed by atoms with Gasteiger partial charge in [-0.1, -0.05) is 59.6 Å². The first-order valence-electron chi connectivity index (χ1n) is 5.96. The van der Waals surface area contributed by atoms with E-state index in [9.17, 15) is 0 Å². The van der Waals surface area contributed by atoms with Gasteiger partial charge < -0.3 is 0 Å². The Balaban J connectivity index is 2.13. The summed E-state index contributed by atoms with van der Waals surface area (Å²) in [4.78, 5) is 2.24. The zero-order valence-electron chi connectivity index (χ0n) is 10.2. The van der Waals surface area contributed by atoms with Crippen LogP contribution in [0.4, 0.5) is 0 Å². The highest BCUT2D eigenvalue weighted by atomic mass is 79.9. The molecule has 0 atom stereocenters. The van der Waals surface area contributed by atoms with Crippen LogP contribution in [-0.2, 0) is 0 Å². The van der Waals surface area contributed by atoms with Gasteiger partial charge in [-0.05, 0) is 34.1 Å². The fourth-order valence-corrected chi connectivity index (χ4v) is 4.54. The predicted molar refractivity (Wildman–Crippen MR) is 92.9 cm³/mol. The Bertz CT molecular complexity index is 765. The van der Waals surface area contributed by atoms with Crippen molar-refractivity contribution in [1.82, 2.24) is 0 Å². The van der Waals surface area contributed by atoms with Crippen LogP contribution in [0.2, 0.25) is 10.0 Å². The number of hydrogen-bond donors (Lipinski definition) is 0. The first kappa shape index (κ1) is 14.2. The first-order chi connectivity index (χ1) is 9.66. The second-order valence-electron chi connectivity index (χ2n) is 4.25. The van der Waals surface area contributed by atoms with E-state index in [0.29, 0.717) is 0 Å². The lowest BCUT2D eigenvalue weighted by atomic mass is 10.1. The van der Waals surface area contributed by atoms with Crippen molar-refractivity contribution < 1.29 is 0 Å². The lowest BCUT2D eigenvalue weighted by Gasteiger charge is -2.02. The summed E-state index contributed by atoms with van der Waals surface area (Å²) in [5.41, 5.74) is 2.07. The molecule has 0 aliphatic rings. The summed E-state index contributed by atoms with van der Waals surface area (Å²) in [7, 11) is 0. The molecule has 3 aromatic rings. The molecule has 4 heteroatoms. The summed E-state index contributed by atoms with van der Waals surface area (Å²) in [6, 6.07) is 17.8. The molecule has 3 rings (SSSR count). The number of halogens is 3. The van der Waals surface area contributed by atoms with Gasteiger partial charge in [-0.25, -0.2) is 0 Å². The van der Waals surface area contributed by atoms with Gasteiger partial charge >= 0.3 is 0 Å². The maximum atomic E-state index is 6.28. The van der Waals surface area contributed by atoms with E-state index in [0.717, 1.165) is 35.4 Å². The van der Waals surface area contributed by atoms with Crippen LogP contribution in [0, 0.1) is 0 Å². The molecule has 1 heterocycles. The fourth-order valence-electron chi connectivity index (χ4n) is 1.99. The number of thiophene rings is 1. The maximum Gasteiger partial charge on any atom is 0.0506 e. The van der Waals surface area contributed by atoms with Crippen molar-refractivity contribution in [3.63, 3.8) is 0 Å². The zero-order chi connectivity index (χ0) is 14.1. The zero-order valence-corrected chi connectivity index (χ0v) is 14.2. The topological polar surface area (TPSA) is 0 Å². The average molecular weight is 384 g/mol. The van der Waals surface area contributed by atoms with Crippen molar-refractivity contribution in [2.24, 2.45) is 0 Å². The van der Waals surface area contributed by atoms with E-state index in [1.807, 2.05) is 48.5 Å². The maximum absolute atomic E-state index is 6.28. The Labute approximate surface area is 140 Å². The van der Waals surface area contributed by atoms with Crippen molar-refractivity contribution in [3.8, 4) is 20.9 Å². The molecule has 0 bridgehead atoms. The second kappa shape index (κ2) is 5.90. The monoisotopic (exact) mass is 382 g/mol. The molecule has 0 fully saturated rings. The Kier molecular flexibility index (Phi) is 4.18. The van der Waals surface area contributed by atoms with E-state index in [1.54, 1.807) is 11.3 Å². The van der Waals surface area contributed by atoms with E-state index >= 15 is 0 Å². The minimum atomic E-state index is 0.751. The molecule has 0 aliphatic heterocycles. The molecular weight excluding hydrogens is 375 g/mol. The van der Waals surface area contributed by atoms with Crippen molar-refractivity contribution in [2.45, 2.75) is 0 Å². The number of benzene rings is 2. The molecule has 0 radical (unpaired) electrons. The van der Waals surface area contributed by atoms with E-state index < -0.39 is 0 Å². The molecule has 0 saturated carbocycles. The summed E-state index contributed by atoms with van der Waals surface area (Å²) in [5, 5.41) is 1.51. The van der Waals surface area contributed by atoms with Crippen molar-refractivity contribution in [2.75, 3.05) is 0 Å². The van der Waals surface area contributed by atoms with Gasteiger partial charge in [0.2, 0.25) is 0 Å².